The zero-order valence-electron chi connectivity index (χ0n) is 18.4. The minimum Gasteiger partial charge on any atom is -0.478 e. The van der Waals surface area contributed by atoms with Crippen molar-refractivity contribution in [2.75, 3.05) is 0 Å². The van der Waals surface area contributed by atoms with Gasteiger partial charge in [-0.25, -0.2) is 9.59 Å². The van der Waals surface area contributed by atoms with Crippen molar-refractivity contribution in [3.8, 4) is 11.1 Å². The van der Waals surface area contributed by atoms with E-state index in [-0.39, 0.29) is 22.5 Å². The SMILES string of the molecule is O=C(O)c1ccc([N+](=O)[O-])cc1.O=C(O)c1ccc([N+](=O)[O-])cc1.c1cc(-c2ccncc2)ccn1. The number of hydrogen-bond acceptors (Lipinski definition) is 8. The summed E-state index contributed by atoms with van der Waals surface area (Å²) < 4.78 is 0. The van der Waals surface area contributed by atoms with Gasteiger partial charge < -0.3 is 10.2 Å². The molecule has 0 aliphatic rings. The molecule has 0 atom stereocenters. The average molecular weight is 490 g/mol. The van der Waals surface area contributed by atoms with Crippen molar-refractivity contribution >= 4 is 23.3 Å². The lowest BCUT2D eigenvalue weighted by Gasteiger charge is -1.97. The van der Waals surface area contributed by atoms with Crippen molar-refractivity contribution in [3.05, 3.63) is 129 Å². The van der Waals surface area contributed by atoms with Crippen LogP contribution in [0.5, 0.6) is 0 Å². The van der Waals surface area contributed by atoms with E-state index in [9.17, 15) is 29.8 Å². The van der Waals surface area contributed by atoms with Crippen LogP contribution in [0.4, 0.5) is 11.4 Å². The summed E-state index contributed by atoms with van der Waals surface area (Å²) in [6, 6.07) is 17.3. The lowest BCUT2D eigenvalue weighted by molar-refractivity contribution is -0.385. The first-order valence-corrected chi connectivity index (χ1v) is 9.95. The number of benzene rings is 2. The van der Waals surface area contributed by atoms with Crippen LogP contribution in [0.1, 0.15) is 20.7 Å². The minimum absolute atomic E-state index is 0.0422. The van der Waals surface area contributed by atoms with E-state index in [0.29, 0.717) is 0 Å². The summed E-state index contributed by atoms with van der Waals surface area (Å²) in [6.45, 7) is 0. The Kier molecular flexibility index (Phi) is 9.84. The van der Waals surface area contributed by atoms with Gasteiger partial charge in [0, 0.05) is 49.1 Å². The van der Waals surface area contributed by atoms with E-state index < -0.39 is 21.8 Å². The molecule has 0 spiro atoms. The maximum absolute atomic E-state index is 10.3. The molecule has 2 aromatic heterocycles. The predicted molar refractivity (Wildman–Crippen MR) is 128 cm³/mol. The highest BCUT2D eigenvalue weighted by Gasteiger charge is 2.07. The first kappa shape index (κ1) is 26.7. The molecule has 0 aliphatic carbocycles. The molecule has 12 heteroatoms. The summed E-state index contributed by atoms with van der Waals surface area (Å²) in [7, 11) is 0. The summed E-state index contributed by atoms with van der Waals surface area (Å²) in [4.78, 5) is 47.7. The van der Waals surface area contributed by atoms with Crippen LogP contribution in [0.25, 0.3) is 11.1 Å². The van der Waals surface area contributed by atoms with Gasteiger partial charge in [-0.05, 0) is 59.7 Å². The minimum atomic E-state index is -1.09. The van der Waals surface area contributed by atoms with E-state index >= 15 is 0 Å². The lowest BCUT2D eigenvalue weighted by Crippen LogP contribution is -1.96. The van der Waals surface area contributed by atoms with Crippen LogP contribution in [0.2, 0.25) is 0 Å². The number of pyridine rings is 2. The van der Waals surface area contributed by atoms with E-state index in [0.717, 1.165) is 24.3 Å². The van der Waals surface area contributed by atoms with E-state index in [1.54, 1.807) is 24.8 Å². The molecule has 182 valence electrons. The highest BCUT2D eigenvalue weighted by molar-refractivity contribution is 5.88. The Labute approximate surface area is 203 Å². The van der Waals surface area contributed by atoms with E-state index in [2.05, 4.69) is 9.97 Å². The Balaban J connectivity index is 0.000000190. The summed E-state index contributed by atoms with van der Waals surface area (Å²) in [5.74, 6) is -2.19. The van der Waals surface area contributed by atoms with Crippen LogP contribution in [-0.4, -0.2) is 42.0 Å². The van der Waals surface area contributed by atoms with Crippen LogP contribution in [0, 0.1) is 20.2 Å². The van der Waals surface area contributed by atoms with Crippen LogP contribution in [0.15, 0.2) is 97.6 Å². The molecule has 0 fully saturated rings. The van der Waals surface area contributed by atoms with Gasteiger partial charge in [0.05, 0.1) is 21.0 Å². The summed E-state index contributed by atoms with van der Waals surface area (Å²) in [5, 5.41) is 37.2. The van der Waals surface area contributed by atoms with Crippen molar-refractivity contribution in [2.45, 2.75) is 0 Å². The topological polar surface area (TPSA) is 187 Å². The highest BCUT2D eigenvalue weighted by Crippen LogP contribution is 2.16. The molecule has 12 nitrogen and oxygen atoms in total. The fraction of sp³-hybridized carbons (Fsp3) is 0. The molecule has 0 radical (unpaired) electrons. The van der Waals surface area contributed by atoms with Crippen molar-refractivity contribution in [2.24, 2.45) is 0 Å². The number of nitrogens with zero attached hydrogens (tertiary/aromatic N) is 4. The second kappa shape index (κ2) is 13.3. The van der Waals surface area contributed by atoms with Gasteiger partial charge in [0.15, 0.2) is 0 Å². The van der Waals surface area contributed by atoms with Gasteiger partial charge in [-0.3, -0.25) is 30.2 Å². The molecule has 2 aromatic carbocycles. The number of nitro groups is 2. The Morgan fingerprint density at radius 3 is 1.06 bits per heavy atom. The van der Waals surface area contributed by atoms with Gasteiger partial charge in [-0.15, -0.1) is 0 Å². The fourth-order valence-corrected chi connectivity index (χ4v) is 2.54. The second-order valence-corrected chi connectivity index (χ2v) is 6.69. The largest absolute Gasteiger partial charge is 0.478 e. The Morgan fingerprint density at radius 2 is 0.833 bits per heavy atom. The molecule has 4 aromatic rings. The van der Waals surface area contributed by atoms with Crippen molar-refractivity contribution in [3.63, 3.8) is 0 Å². The van der Waals surface area contributed by atoms with Gasteiger partial charge in [0.25, 0.3) is 11.4 Å². The second-order valence-electron chi connectivity index (χ2n) is 6.69. The molecule has 0 saturated heterocycles. The smallest absolute Gasteiger partial charge is 0.335 e. The van der Waals surface area contributed by atoms with Crippen molar-refractivity contribution < 1.29 is 29.6 Å². The number of rotatable bonds is 5. The highest BCUT2D eigenvalue weighted by atomic mass is 16.6. The van der Waals surface area contributed by atoms with Crippen molar-refractivity contribution in [1.82, 2.24) is 9.97 Å². The summed E-state index contributed by atoms with van der Waals surface area (Å²) in [6.07, 6.45) is 7.15. The van der Waals surface area contributed by atoms with Gasteiger partial charge in [-0.2, -0.15) is 0 Å². The molecule has 36 heavy (non-hydrogen) atoms. The lowest BCUT2D eigenvalue weighted by atomic mass is 10.1. The van der Waals surface area contributed by atoms with Crippen molar-refractivity contribution in [1.29, 1.82) is 0 Å². The number of hydrogen-bond donors (Lipinski definition) is 2. The normalized spacial score (nSPS) is 9.44. The number of aromatic carboxylic acids is 2. The molecule has 2 N–H and O–H groups in total. The summed E-state index contributed by atoms with van der Waals surface area (Å²) in [5.41, 5.74) is 2.21. The standard InChI is InChI=1S/C10H8N2.2C7H5NO4/c1-5-11-6-2-9(1)10-3-7-12-8-4-10;2*9-7(10)5-1-3-6(4-2-5)8(11)12/h1-8H;2*1-4H,(H,9,10). The van der Waals surface area contributed by atoms with Gasteiger partial charge >= 0.3 is 11.9 Å². The van der Waals surface area contributed by atoms with Crippen LogP contribution in [0.3, 0.4) is 0 Å². The van der Waals surface area contributed by atoms with Gasteiger partial charge in [0.1, 0.15) is 0 Å². The Bertz CT molecular complexity index is 1140. The number of nitro benzene ring substituents is 2. The molecule has 0 amide bonds. The summed E-state index contributed by atoms with van der Waals surface area (Å²) >= 11 is 0. The molecule has 0 saturated carbocycles. The van der Waals surface area contributed by atoms with E-state index in [1.165, 1.54) is 35.4 Å². The first-order chi connectivity index (χ1) is 17.2. The van der Waals surface area contributed by atoms with E-state index in [1.807, 2.05) is 24.3 Å². The van der Waals surface area contributed by atoms with Crippen LogP contribution in [-0.2, 0) is 0 Å². The maximum atomic E-state index is 10.3. The molecule has 2 heterocycles. The zero-order chi connectivity index (χ0) is 26.5. The van der Waals surface area contributed by atoms with Crippen LogP contribution < -0.4 is 0 Å². The van der Waals surface area contributed by atoms with E-state index in [4.69, 9.17) is 10.2 Å². The number of carboxylic acid groups (broad SMARTS) is 2. The Hall–Kier alpha value is -5.52. The Morgan fingerprint density at radius 1 is 0.556 bits per heavy atom. The molecule has 0 aliphatic heterocycles. The third kappa shape index (κ3) is 8.44. The fourth-order valence-electron chi connectivity index (χ4n) is 2.54. The quantitative estimate of drug-likeness (QED) is 0.292. The first-order valence-electron chi connectivity index (χ1n) is 9.95. The molecule has 4 rings (SSSR count). The van der Waals surface area contributed by atoms with Gasteiger partial charge in [0.2, 0.25) is 0 Å². The molecular weight excluding hydrogens is 472 g/mol. The number of carboxylic acids is 2. The number of non-ortho nitro benzene ring substituents is 2. The van der Waals surface area contributed by atoms with Gasteiger partial charge in [-0.1, -0.05) is 0 Å². The molecule has 0 bridgehead atoms. The predicted octanol–water partition coefficient (Wildman–Crippen LogP) is 4.73. The monoisotopic (exact) mass is 490 g/mol. The average Bonchev–Trinajstić information content (AvgIpc) is 2.90. The number of carbonyl (C=O) groups is 2. The third-order valence-electron chi connectivity index (χ3n) is 4.34. The molecule has 0 unspecified atom stereocenters. The number of aromatic nitrogens is 2. The molecular formula is C24H18N4O8. The van der Waals surface area contributed by atoms with Crippen LogP contribution >= 0.6 is 0 Å². The zero-order valence-corrected chi connectivity index (χ0v) is 18.4. The third-order valence-corrected chi connectivity index (χ3v) is 4.34. The maximum Gasteiger partial charge on any atom is 0.335 e.